The second kappa shape index (κ2) is 6.97. The van der Waals surface area contributed by atoms with E-state index in [1.807, 2.05) is 6.92 Å². The minimum atomic E-state index is -0.858. The van der Waals surface area contributed by atoms with Crippen molar-refractivity contribution < 1.29 is 9.90 Å². The number of rotatable bonds is 7. The highest BCUT2D eigenvalue weighted by Gasteiger charge is 2.26. The Bertz CT molecular complexity index is 234. The zero-order valence-electron chi connectivity index (χ0n) is 11.9. The third-order valence-electron chi connectivity index (χ3n) is 2.66. The van der Waals surface area contributed by atoms with Crippen molar-refractivity contribution in [2.75, 3.05) is 19.6 Å². The van der Waals surface area contributed by atoms with E-state index in [4.69, 9.17) is 5.73 Å². The van der Waals surface area contributed by atoms with Gasteiger partial charge >= 0.3 is 0 Å². The molecular weight excluding hydrogens is 216 g/mol. The lowest BCUT2D eigenvalue weighted by Gasteiger charge is -2.31. The molecule has 0 fully saturated rings. The zero-order chi connectivity index (χ0) is 13.6. The molecule has 0 saturated carbocycles. The molecule has 0 aromatic carbocycles. The lowest BCUT2D eigenvalue weighted by atomic mass is 9.95. The van der Waals surface area contributed by atoms with E-state index in [2.05, 4.69) is 13.8 Å². The van der Waals surface area contributed by atoms with Crippen LogP contribution >= 0.6 is 0 Å². The number of aliphatic hydroxyl groups is 1. The molecule has 1 unspecified atom stereocenters. The van der Waals surface area contributed by atoms with Gasteiger partial charge in [0, 0.05) is 19.6 Å². The van der Waals surface area contributed by atoms with Crippen LogP contribution in [0.2, 0.25) is 0 Å². The van der Waals surface area contributed by atoms with Gasteiger partial charge in [-0.2, -0.15) is 0 Å². The molecule has 0 aliphatic carbocycles. The standard InChI is InChI=1S/C13H28N2O2/c1-6-15(9-13(4,5)17)12(16)11(8-14)7-10(2)3/h10-11,17H,6-9,14H2,1-5H3. The molecule has 17 heavy (non-hydrogen) atoms. The fourth-order valence-electron chi connectivity index (χ4n) is 1.94. The van der Waals surface area contributed by atoms with Crippen LogP contribution in [0.1, 0.15) is 41.0 Å². The van der Waals surface area contributed by atoms with Crippen molar-refractivity contribution >= 4 is 5.91 Å². The van der Waals surface area contributed by atoms with E-state index in [0.29, 0.717) is 25.6 Å². The van der Waals surface area contributed by atoms with Crippen LogP contribution < -0.4 is 5.73 Å². The molecule has 0 spiro atoms. The number of nitrogens with zero attached hydrogens (tertiary/aromatic N) is 1. The average molecular weight is 244 g/mol. The van der Waals surface area contributed by atoms with Crippen molar-refractivity contribution in [3.63, 3.8) is 0 Å². The second-order valence-electron chi connectivity index (χ2n) is 5.73. The molecule has 0 bridgehead atoms. The van der Waals surface area contributed by atoms with Gasteiger partial charge in [0.1, 0.15) is 0 Å². The normalized spacial score (nSPS) is 13.9. The summed E-state index contributed by atoms with van der Waals surface area (Å²) in [6.07, 6.45) is 0.803. The van der Waals surface area contributed by atoms with E-state index in [0.717, 1.165) is 6.42 Å². The van der Waals surface area contributed by atoms with Gasteiger partial charge in [-0.1, -0.05) is 13.8 Å². The lowest BCUT2D eigenvalue weighted by molar-refractivity contribution is -0.138. The molecule has 1 atom stereocenters. The lowest BCUT2D eigenvalue weighted by Crippen LogP contribution is -2.46. The molecule has 1 amide bonds. The molecule has 0 aliphatic rings. The molecule has 4 heteroatoms. The Hall–Kier alpha value is -0.610. The van der Waals surface area contributed by atoms with E-state index in [1.165, 1.54) is 0 Å². The number of hydrogen-bond acceptors (Lipinski definition) is 3. The maximum absolute atomic E-state index is 12.3. The summed E-state index contributed by atoms with van der Waals surface area (Å²) < 4.78 is 0. The predicted octanol–water partition coefficient (Wildman–Crippen LogP) is 1.23. The van der Waals surface area contributed by atoms with Gasteiger partial charge in [-0.25, -0.2) is 0 Å². The van der Waals surface area contributed by atoms with Gasteiger partial charge < -0.3 is 15.7 Å². The van der Waals surface area contributed by atoms with Gasteiger partial charge in [-0.3, -0.25) is 4.79 Å². The SMILES string of the molecule is CCN(CC(C)(C)O)C(=O)C(CN)CC(C)C. The number of nitrogens with two attached hydrogens (primary N) is 1. The van der Waals surface area contributed by atoms with Crippen molar-refractivity contribution in [3.05, 3.63) is 0 Å². The summed E-state index contributed by atoms with van der Waals surface area (Å²) in [5, 5.41) is 9.78. The highest BCUT2D eigenvalue weighted by Crippen LogP contribution is 2.15. The fraction of sp³-hybridized carbons (Fsp3) is 0.923. The van der Waals surface area contributed by atoms with Gasteiger partial charge in [-0.15, -0.1) is 0 Å². The predicted molar refractivity (Wildman–Crippen MR) is 70.6 cm³/mol. The first-order valence-corrected chi connectivity index (χ1v) is 6.42. The third-order valence-corrected chi connectivity index (χ3v) is 2.66. The fourth-order valence-corrected chi connectivity index (χ4v) is 1.94. The van der Waals surface area contributed by atoms with Crippen LogP contribution in [0.5, 0.6) is 0 Å². The van der Waals surface area contributed by atoms with Crippen molar-refractivity contribution in [1.29, 1.82) is 0 Å². The monoisotopic (exact) mass is 244 g/mol. The third kappa shape index (κ3) is 6.64. The van der Waals surface area contributed by atoms with Crippen LogP contribution in [0.15, 0.2) is 0 Å². The molecule has 0 heterocycles. The van der Waals surface area contributed by atoms with Gasteiger partial charge in [0.25, 0.3) is 0 Å². The van der Waals surface area contributed by atoms with Gasteiger partial charge in [0.2, 0.25) is 5.91 Å². The summed E-state index contributed by atoms with van der Waals surface area (Å²) >= 11 is 0. The summed E-state index contributed by atoms with van der Waals surface area (Å²) in [7, 11) is 0. The van der Waals surface area contributed by atoms with E-state index < -0.39 is 5.60 Å². The van der Waals surface area contributed by atoms with Crippen molar-refractivity contribution in [3.8, 4) is 0 Å². The van der Waals surface area contributed by atoms with Crippen LogP contribution in [0.4, 0.5) is 0 Å². The Kier molecular flexibility index (Phi) is 6.72. The molecule has 0 saturated heterocycles. The molecule has 0 radical (unpaired) electrons. The van der Waals surface area contributed by atoms with E-state index in [-0.39, 0.29) is 11.8 Å². The summed E-state index contributed by atoms with van der Waals surface area (Å²) in [6.45, 7) is 10.9. The number of carbonyl (C=O) groups excluding carboxylic acids is 1. The number of amides is 1. The van der Waals surface area contributed by atoms with Crippen LogP contribution in [0.3, 0.4) is 0 Å². The Morgan fingerprint density at radius 3 is 2.24 bits per heavy atom. The second-order valence-corrected chi connectivity index (χ2v) is 5.73. The topological polar surface area (TPSA) is 66.6 Å². The first-order chi connectivity index (χ1) is 7.71. The number of hydrogen-bond donors (Lipinski definition) is 2. The van der Waals surface area contributed by atoms with E-state index >= 15 is 0 Å². The number of likely N-dealkylation sites (N-methyl/N-ethyl adjacent to an activating group) is 1. The van der Waals surface area contributed by atoms with Gasteiger partial charge in [-0.05, 0) is 33.1 Å². The molecule has 0 aromatic rings. The molecule has 4 nitrogen and oxygen atoms in total. The van der Waals surface area contributed by atoms with Crippen LogP contribution in [0, 0.1) is 11.8 Å². The summed E-state index contributed by atoms with van der Waals surface area (Å²) in [5.41, 5.74) is 4.81. The smallest absolute Gasteiger partial charge is 0.227 e. The van der Waals surface area contributed by atoms with Gasteiger partial charge in [0.15, 0.2) is 0 Å². The number of carbonyl (C=O) groups is 1. The first kappa shape index (κ1) is 16.4. The molecule has 0 aliphatic heterocycles. The average Bonchev–Trinajstić information content (AvgIpc) is 2.20. The molecule has 0 rings (SSSR count). The zero-order valence-corrected chi connectivity index (χ0v) is 11.9. The Labute approximate surface area is 105 Å². The van der Waals surface area contributed by atoms with E-state index in [9.17, 15) is 9.90 Å². The minimum absolute atomic E-state index is 0.0609. The van der Waals surface area contributed by atoms with Crippen molar-refractivity contribution in [1.82, 2.24) is 4.90 Å². The molecule has 102 valence electrons. The Morgan fingerprint density at radius 1 is 1.41 bits per heavy atom. The van der Waals surface area contributed by atoms with Crippen LogP contribution in [-0.2, 0) is 4.79 Å². The largest absolute Gasteiger partial charge is 0.389 e. The summed E-state index contributed by atoms with van der Waals surface area (Å²) in [6, 6.07) is 0. The molecule has 0 aromatic heterocycles. The summed E-state index contributed by atoms with van der Waals surface area (Å²) in [4.78, 5) is 13.9. The quantitative estimate of drug-likeness (QED) is 0.708. The molecular formula is C13H28N2O2. The maximum atomic E-state index is 12.3. The van der Waals surface area contributed by atoms with Crippen molar-refractivity contribution in [2.24, 2.45) is 17.6 Å². The Balaban J connectivity index is 4.60. The first-order valence-electron chi connectivity index (χ1n) is 6.42. The highest BCUT2D eigenvalue weighted by molar-refractivity contribution is 5.79. The van der Waals surface area contributed by atoms with Crippen LogP contribution in [0.25, 0.3) is 0 Å². The molecule has 3 N–H and O–H groups in total. The van der Waals surface area contributed by atoms with Crippen LogP contribution in [-0.4, -0.2) is 41.1 Å². The minimum Gasteiger partial charge on any atom is -0.389 e. The van der Waals surface area contributed by atoms with Gasteiger partial charge in [0.05, 0.1) is 11.5 Å². The Morgan fingerprint density at radius 2 is 1.94 bits per heavy atom. The highest BCUT2D eigenvalue weighted by atomic mass is 16.3. The van der Waals surface area contributed by atoms with E-state index in [1.54, 1.807) is 18.7 Å². The maximum Gasteiger partial charge on any atom is 0.227 e. The summed E-state index contributed by atoms with van der Waals surface area (Å²) in [5.74, 6) is 0.386. The van der Waals surface area contributed by atoms with Crippen molar-refractivity contribution in [2.45, 2.75) is 46.6 Å².